The highest BCUT2D eigenvalue weighted by Crippen LogP contribution is 2.25. The van der Waals surface area contributed by atoms with Gasteiger partial charge in [0.25, 0.3) is 5.56 Å². The van der Waals surface area contributed by atoms with Crippen molar-refractivity contribution in [2.75, 3.05) is 7.11 Å². The van der Waals surface area contributed by atoms with Crippen LogP contribution in [-0.2, 0) is 11.5 Å². The fraction of sp³-hybridized carbons (Fsp3) is 0.100. The van der Waals surface area contributed by atoms with Gasteiger partial charge in [0.2, 0.25) is 0 Å². The highest BCUT2D eigenvalue weighted by Gasteiger charge is 2.13. The maximum absolute atomic E-state index is 12.6. The first-order chi connectivity index (χ1) is 13.7. The Labute approximate surface area is 159 Å². The van der Waals surface area contributed by atoms with Crippen molar-refractivity contribution in [3.05, 3.63) is 71.4 Å². The van der Waals surface area contributed by atoms with E-state index in [-0.39, 0.29) is 5.56 Å². The molecule has 138 valence electrons. The van der Waals surface area contributed by atoms with Gasteiger partial charge < -0.3 is 4.74 Å². The van der Waals surface area contributed by atoms with Gasteiger partial charge in [0.1, 0.15) is 6.73 Å². The van der Waals surface area contributed by atoms with E-state index in [4.69, 9.17) is 9.72 Å². The summed E-state index contributed by atoms with van der Waals surface area (Å²) < 4.78 is 8.35. The second-order valence-electron chi connectivity index (χ2n) is 6.38. The highest BCUT2D eigenvalue weighted by molar-refractivity contribution is 5.84. The highest BCUT2D eigenvalue weighted by atomic mass is 16.5. The predicted molar refractivity (Wildman–Crippen MR) is 105 cm³/mol. The van der Waals surface area contributed by atoms with E-state index in [0.717, 1.165) is 27.7 Å². The van der Waals surface area contributed by atoms with Gasteiger partial charge in [0.15, 0.2) is 5.65 Å². The molecule has 8 heteroatoms. The minimum Gasteiger partial charge on any atom is -0.362 e. The number of aromatic nitrogens is 6. The number of fused-ring (bicyclic) bond motifs is 2. The van der Waals surface area contributed by atoms with Crippen molar-refractivity contribution in [2.45, 2.75) is 6.73 Å². The van der Waals surface area contributed by atoms with Gasteiger partial charge in [-0.15, -0.1) is 0 Å². The molecule has 0 unspecified atom stereocenters. The summed E-state index contributed by atoms with van der Waals surface area (Å²) in [6, 6.07) is 13.0. The number of pyridine rings is 1. The van der Waals surface area contributed by atoms with Crippen molar-refractivity contribution in [1.29, 1.82) is 0 Å². The van der Waals surface area contributed by atoms with Gasteiger partial charge in [-0.25, -0.2) is 14.2 Å². The third-order valence-electron chi connectivity index (χ3n) is 4.63. The van der Waals surface area contributed by atoms with E-state index in [1.807, 2.05) is 36.4 Å². The molecule has 5 aromatic rings. The monoisotopic (exact) mass is 372 g/mol. The van der Waals surface area contributed by atoms with Gasteiger partial charge in [-0.05, 0) is 24.3 Å². The molecule has 0 aliphatic carbocycles. The van der Waals surface area contributed by atoms with Crippen molar-refractivity contribution in [2.24, 2.45) is 0 Å². The summed E-state index contributed by atoms with van der Waals surface area (Å²) in [4.78, 5) is 21.7. The minimum atomic E-state index is -0.183. The number of methoxy groups -OCH3 is 1. The van der Waals surface area contributed by atoms with Crippen molar-refractivity contribution in [1.82, 2.24) is 29.4 Å². The smallest absolute Gasteiger partial charge is 0.273 e. The number of hydrogen-bond acceptors (Lipinski definition) is 5. The quantitative estimate of drug-likeness (QED) is 0.524. The zero-order valence-corrected chi connectivity index (χ0v) is 15.0. The van der Waals surface area contributed by atoms with E-state index in [1.54, 1.807) is 30.4 Å². The van der Waals surface area contributed by atoms with E-state index in [1.165, 1.54) is 10.6 Å². The molecule has 0 saturated heterocycles. The van der Waals surface area contributed by atoms with E-state index in [9.17, 15) is 4.79 Å². The minimum absolute atomic E-state index is 0.183. The summed E-state index contributed by atoms with van der Waals surface area (Å²) in [6.07, 6.45) is 5.24. The zero-order chi connectivity index (χ0) is 19.1. The average Bonchev–Trinajstić information content (AvgIpc) is 3.33. The first-order valence-electron chi connectivity index (χ1n) is 8.72. The summed E-state index contributed by atoms with van der Waals surface area (Å²) in [5, 5.41) is 8.23. The number of nitrogens with one attached hydrogen (secondary N) is 1. The Bertz CT molecular complexity index is 1350. The lowest BCUT2D eigenvalue weighted by molar-refractivity contribution is 0.124. The van der Waals surface area contributed by atoms with Gasteiger partial charge in [0.05, 0.1) is 28.7 Å². The van der Waals surface area contributed by atoms with Crippen LogP contribution in [0.25, 0.3) is 39.1 Å². The molecule has 0 fully saturated rings. The summed E-state index contributed by atoms with van der Waals surface area (Å²) >= 11 is 0. The lowest BCUT2D eigenvalue weighted by Crippen LogP contribution is -2.14. The second-order valence-corrected chi connectivity index (χ2v) is 6.38. The predicted octanol–water partition coefficient (Wildman–Crippen LogP) is 2.71. The molecule has 28 heavy (non-hydrogen) atoms. The Balaban J connectivity index is 1.67. The van der Waals surface area contributed by atoms with Crippen LogP contribution in [0.4, 0.5) is 0 Å². The molecule has 0 aliphatic rings. The normalized spacial score (nSPS) is 11.5. The molecule has 0 bridgehead atoms. The molecule has 0 atom stereocenters. The number of nitrogens with zero attached hydrogens (tertiary/aromatic N) is 5. The van der Waals surface area contributed by atoms with Crippen LogP contribution in [0.15, 0.2) is 65.8 Å². The molecule has 0 amide bonds. The topological polar surface area (TPSA) is 90.1 Å². The zero-order valence-electron chi connectivity index (χ0n) is 15.0. The Morgan fingerprint density at radius 3 is 2.89 bits per heavy atom. The van der Waals surface area contributed by atoms with Gasteiger partial charge in [-0.3, -0.25) is 14.9 Å². The third kappa shape index (κ3) is 2.58. The molecule has 0 spiro atoms. The number of hydrogen-bond donors (Lipinski definition) is 1. The lowest BCUT2D eigenvalue weighted by Gasteiger charge is -2.05. The number of rotatable bonds is 4. The fourth-order valence-electron chi connectivity index (χ4n) is 3.31. The lowest BCUT2D eigenvalue weighted by atomic mass is 10.1. The number of ether oxygens (including phenoxy) is 1. The van der Waals surface area contributed by atoms with E-state index >= 15 is 0 Å². The fourth-order valence-corrected chi connectivity index (χ4v) is 3.31. The van der Waals surface area contributed by atoms with Crippen molar-refractivity contribution in [3.8, 4) is 22.5 Å². The molecule has 1 N–H and O–H groups in total. The molecule has 0 saturated carbocycles. The van der Waals surface area contributed by atoms with Crippen LogP contribution in [0.1, 0.15) is 0 Å². The molecule has 5 rings (SSSR count). The molecule has 4 heterocycles. The van der Waals surface area contributed by atoms with Crippen LogP contribution in [0.2, 0.25) is 0 Å². The van der Waals surface area contributed by atoms with Crippen LogP contribution in [0.3, 0.4) is 0 Å². The molecule has 1 aromatic carbocycles. The molecule has 8 nitrogen and oxygen atoms in total. The first kappa shape index (κ1) is 16.4. The summed E-state index contributed by atoms with van der Waals surface area (Å²) in [6.45, 7) is 0.380. The van der Waals surface area contributed by atoms with E-state index in [2.05, 4.69) is 15.2 Å². The van der Waals surface area contributed by atoms with Gasteiger partial charge in [-0.2, -0.15) is 5.10 Å². The average molecular weight is 372 g/mol. The second kappa shape index (κ2) is 6.43. The Morgan fingerprint density at radius 2 is 2.07 bits per heavy atom. The number of aromatic amines is 1. The molecule has 4 aromatic heterocycles. The maximum Gasteiger partial charge on any atom is 0.273 e. The third-order valence-corrected chi connectivity index (χ3v) is 4.63. The Kier molecular flexibility index (Phi) is 3.77. The van der Waals surface area contributed by atoms with Gasteiger partial charge >= 0.3 is 0 Å². The Morgan fingerprint density at radius 1 is 1.14 bits per heavy atom. The van der Waals surface area contributed by atoms with Crippen molar-refractivity contribution < 1.29 is 4.74 Å². The molecule has 0 aliphatic heterocycles. The Hall–Kier alpha value is -3.78. The first-order valence-corrected chi connectivity index (χ1v) is 8.72. The summed E-state index contributed by atoms with van der Waals surface area (Å²) in [7, 11) is 1.63. The van der Waals surface area contributed by atoms with Crippen LogP contribution in [0, 0.1) is 0 Å². The number of H-pyrrole nitrogens is 1. The number of benzene rings is 1. The SMILES string of the molecule is COCn1ncc2cc(-c3cc(=O)n4[nH]cc(-c5ccccn5)c4n3)ccc21. The van der Waals surface area contributed by atoms with Crippen LogP contribution >= 0.6 is 0 Å². The molecule has 0 radical (unpaired) electrons. The van der Waals surface area contributed by atoms with Gasteiger partial charge in [0, 0.05) is 36.5 Å². The summed E-state index contributed by atoms with van der Waals surface area (Å²) in [5.74, 6) is 0. The van der Waals surface area contributed by atoms with E-state index in [0.29, 0.717) is 18.1 Å². The van der Waals surface area contributed by atoms with Crippen molar-refractivity contribution in [3.63, 3.8) is 0 Å². The standard InChI is InChI=1S/C20H16N6O2/c1-28-12-25-18-6-5-13(8-14(18)10-22-25)17-9-19(27)26-20(24-17)15(11-23-26)16-4-2-3-7-21-16/h2-11,23H,12H2,1H3. The van der Waals surface area contributed by atoms with Crippen LogP contribution in [-0.4, -0.2) is 36.5 Å². The van der Waals surface area contributed by atoms with E-state index < -0.39 is 0 Å². The molecular weight excluding hydrogens is 356 g/mol. The van der Waals surface area contributed by atoms with Crippen LogP contribution < -0.4 is 5.56 Å². The molecular formula is C20H16N6O2. The van der Waals surface area contributed by atoms with Gasteiger partial charge in [-0.1, -0.05) is 12.1 Å². The largest absolute Gasteiger partial charge is 0.362 e. The van der Waals surface area contributed by atoms with Crippen molar-refractivity contribution >= 4 is 16.6 Å². The van der Waals surface area contributed by atoms with Crippen LogP contribution in [0.5, 0.6) is 0 Å². The summed E-state index contributed by atoms with van der Waals surface area (Å²) in [5.41, 5.74) is 4.28. The maximum atomic E-state index is 12.6.